The number of rotatable bonds is 3. The number of halogens is 1. The van der Waals surface area contributed by atoms with Gasteiger partial charge in [-0.05, 0) is 31.4 Å². The molecule has 1 unspecified atom stereocenters. The number of anilines is 2. The molecule has 3 N–H and O–H groups in total. The molecule has 1 saturated heterocycles. The summed E-state index contributed by atoms with van der Waals surface area (Å²) in [6.07, 6.45) is 5.22. The first-order valence-electron chi connectivity index (χ1n) is 5.87. The molecule has 0 saturated carbocycles. The van der Waals surface area contributed by atoms with Crippen LogP contribution in [0.1, 0.15) is 25.7 Å². The molecule has 100 valence electrons. The minimum Gasteiger partial charge on any atom is -0.384 e. The van der Waals surface area contributed by atoms with Gasteiger partial charge in [-0.25, -0.2) is 4.98 Å². The largest absolute Gasteiger partial charge is 0.384 e. The fourth-order valence-corrected chi connectivity index (χ4v) is 1.87. The minimum atomic E-state index is -0.0385. The molecule has 0 bridgehead atoms. The molecule has 1 aliphatic rings. The zero-order valence-corrected chi connectivity index (χ0v) is 10.9. The Labute approximate surface area is 113 Å². The summed E-state index contributed by atoms with van der Waals surface area (Å²) in [5.74, 6) is 0.405. The summed E-state index contributed by atoms with van der Waals surface area (Å²) in [6, 6.07) is 3.40. The molecule has 1 fully saturated rings. The zero-order chi connectivity index (χ0) is 12.1. The third-order valence-corrected chi connectivity index (χ3v) is 2.76. The van der Waals surface area contributed by atoms with Crippen LogP contribution in [0.2, 0.25) is 0 Å². The number of nitrogens with one attached hydrogen (secondary N) is 1. The van der Waals surface area contributed by atoms with E-state index in [1.54, 1.807) is 18.3 Å². The predicted molar refractivity (Wildman–Crippen MR) is 72.7 cm³/mol. The van der Waals surface area contributed by atoms with Gasteiger partial charge >= 0.3 is 0 Å². The van der Waals surface area contributed by atoms with Crippen LogP contribution in [-0.4, -0.2) is 23.6 Å². The van der Waals surface area contributed by atoms with E-state index in [1.165, 1.54) is 0 Å². The maximum atomic E-state index is 11.7. The second-order valence-corrected chi connectivity index (χ2v) is 4.21. The third-order valence-electron chi connectivity index (χ3n) is 2.76. The van der Waals surface area contributed by atoms with Crippen LogP contribution in [0.4, 0.5) is 11.5 Å². The normalized spacial score (nSPS) is 18.8. The SMILES string of the molecule is Cl.Nc1ccc(NC(=O)CC2CCCCO2)cn1. The molecule has 2 heterocycles. The summed E-state index contributed by atoms with van der Waals surface area (Å²) < 4.78 is 5.51. The molecule has 0 aliphatic carbocycles. The molecule has 1 aromatic heterocycles. The quantitative estimate of drug-likeness (QED) is 0.881. The van der Waals surface area contributed by atoms with E-state index in [-0.39, 0.29) is 24.4 Å². The van der Waals surface area contributed by atoms with E-state index < -0.39 is 0 Å². The van der Waals surface area contributed by atoms with Gasteiger partial charge in [-0.2, -0.15) is 0 Å². The lowest BCUT2D eigenvalue weighted by molar-refractivity contribution is -0.119. The number of hydrogen-bond acceptors (Lipinski definition) is 4. The highest BCUT2D eigenvalue weighted by molar-refractivity contribution is 5.90. The predicted octanol–water partition coefficient (Wildman–Crippen LogP) is 1.98. The zero-order valence-electron chi connectivity index (χ0n) is 10.1. The van der Waals surface area contributed by atoms with Crippen molar-refractivity contribution in [1.29, 1.82) is 0 Å². The van der Waals surface area contributed by atoms with Gasteiger partial charge in [0.2, 0.25) is 5.91 Å². The number of nitrogen functional groups attached to an aromatic ring is 1. The smallest absolute Gasteiger partial charge is 0.227 e. The van der Waals surface area contributed by atoms with E-state index >= 15 is 0 Å². The topological polar surface area (TPSA) is 77.2 Å². The summed E-state index contributed by atoms with van der Waals surface area (Å²) >= 11 is 0. The van der Waals surface area contributed by atoms with E-state index in [0.29, 0.717) is 17.9 Å². The van der Waals surface area contributed by atoms with Crippen LogP contribution in [0.3, 0.4) is 0 Å². The van der Waals surface area contributed by atoms with Gasteiger partial charge in [-0.1, -0.05) is 0 Å². The van der Waals surface area contributed by atoms with Crippen molar-refractivity contribution < 1.29 is 9.53 Å². The molecule has 5 nitrogen and oxygen atoms in total. The summed E-state index contributed by atoms with van der Waals surface area (Å²) in [5.41, 5.74) is 6.13. The van der Waals surface area contributed by atoms with Crippen molar-refractivity contribution in [2.45, 2.75) is 31.8 Å². The van der Waals surface area contributed by atoms with Gasteiger partial charge in [0.25, 0.3) is 0 Å². The molecule has 6 heteroatoms. The number of aromatic nitrogens is 1. The average Bonchev–Trinajstić information content (AvgIpc) is 2.33. The van der Waals surface area contributed by atoms with Crippen molar-refractivity contribution in [1.82, 2.24) is 4.98 Å². The van der Waals surface area contributed by atoms with Gasteiger partial charge in [-0.15, -0.1) is 12.4 Å². The van der Waals surface area contributed by atoms with E-state index in [0.717, 1.165) is 25.9 Å². The van der Waals surface area contributed by atoms with Gasteiger partial charge in [0.1, 0.15) is 5.82 Å². The number of carbonyl (C=O) groups is 1. The highest BCUT2D eigenvalue weighted by Gasteiger charge is 2.17. The van der Waals surface area contributed by atoms with Crippen LogP contribution in [0.15, 0.2) is 18.3 Å². The Morgan fingerprint density at radius 3 is 2.94 bits per heavy atom. The Balaban J connectivity index is 0.00000162. The van der Waals surface area contributed by atoms with Crippen LogP contribution in [-0.2, 0) is 9.53 Å². The van der Waals surface area contributed by atoms with Gasteiger partial charge < -0.3 is 15.8 Å². The number of pyridine rings is 1. The Morgan fingerprint density at radius 2 is 2.33 bits per heavy atom. The maximum Gasteiger partial charge on any atom is 0.227 e. The lowest BCUT2D eigenvalue weighted by atomic mass is 10.1. The molecule has 1 amide bonds. The molecule has 0 aromatic carbocycles. The van der Waals surface area contributed by atoms with E-state index in [2.05, 4.69) is 10.3 Å². The molecule has 18 heavy (non-hydrogen) atoms. The van der Waals surface area contributed by atoms with E-state index in [4.69, 9.17) is 10.5 Å². The lowest BCUT2D eigenvalue weighted by Gasteiger charge is -2.21. The van der Waals surface area contributed by atoms with Crippen LogP contribution >= 0.6 is 12.4 Å². The van der Waals surface area contributed by atoms with Gasteiger partial charge in [0, 0.05) is 6.61 Å². The van der Waals surface area contributed by atoms with Gasteiger partial charge in [0.15, 0.2) is 0 Å². The Kier molecular flexibility index (Phi) is 5.88. The van der Waals surface area contributed by atoms with Crippen molar-refractivity contribution >= 4 is 29.8 Å². The van der Waals surface area contributed by atoms with Crippen molar-refractivity contribution in [2.24, 2.45) is 0 Å². The summed E-state index contributed by atoms with van der Waals surface area (Å²) in [4.78, 5) is 15.6. The summed E-state index contributed by atoms with van der Waals surface area (Å²) in [6.45, 7) is 0.765. The molecule has 1 aliphatic heterocycles. The van der Waals surface area contributed by atoms with Crippen LogP contribution < -0.4 is 11.1 Å². The maximum absolute atomic E-state index is 11.7. The molecular formula is C12H18ClN3O2. The summed E-state index contributed by atoms with van der Waals surface area (Å²) in [5, 5.41) is 2.78. The van der Waals surface area contributed by atoms with E-state index in [1.807, 2.05) is 0 Å². The molecule has 1 aromatic rings. The van der Waals surface area contributed by atoms with Crippen LogP contribution in [0.5, 0.6) is 0 Å². The summed E-state index contributed by atoms with van der Waals surface area (Å²) in [7, 11) is 0. The number of ether oxygens (including phenoxy) is 1. The average molecular weight is 272 g/mol. The van der Waals surface area contributed by atoms with Crippen molar-refractivity contribution in [3.8, 4) is 0 Å². The highest BCUT2D eigenvalue weighted by atomic mass is 35.5. The van der Waals surface area contributed by atoms with Crippen LogP contribution in [0.25, 0.3) is 0 Å². The van der Waals surface area contributed by atoms with Gasteiger partial charge in [0.05, 0.1) is 24.4 Å². The number of nitrogens with zero attached hydrogens (tertiary/aromatic N) is 1. The Hall–Kier alpha value is -1.33. The molecule has 0 spiro atoms. The Bertz CT molecular complexity index is 377. The molecule has 0 radical (unpaired) electrons. The lowest BCUT2D eigenvalue weighted by Crippen LogP contribution is -2.25. The first-order chi connectivity index (χ1) is 8.24. The minimum absolute atomic E-state index is 0. The second kappa shape index (κ2) is 7.18. The highest BCUT2D eigenvalue weighted by Crippen LogP contribution is 2.16. The van der Waals surface area contributed by atoms with Gasteiger partial charge in [-0.3, -0.25) is 4.79 Å². The molecular weight excluding hydrogens is 254 g/mol. The number of nitrogens with two attached hydrogens (primary N) is 1. The Morgan fingerprint density at radius 1 is 1.50 bits per heavy atom. The standard InChI is InChI=1S/C12H17N3O2.ClH/c13-11-5-4-9(8-14-11)15-12(16)7-10-3-1-2-6-17-10;/h4-5,8,10H,1-3,6-7H2,(H2,13,14)(H,15,16);1H. The number of carbonyl (C=O) groups excluding carboxylic acids is 1. The van der Waals surface area contributed by atoms with Crippen molar-refractivity contribution in [3.63, 3.8) is 0 Å². The second-order valence-electron chi connectivity index (χ2n) is 4.21. The fourth-order valence-electron chi connectivity index (χ4n) is 1.87. The van der Waals surface area contributed by atoms with E-state index in [9.17, 15) is 4.79 Å². The molecule has 1 atom stereocenters. The van der Waals surface area contributed by atoms with Crippen molar-refractivity contribution in [2.75, 3.05) is 17.7 Å². The monoisotopic (exact) mass is 271 g/mol. The number of hydrogen-bond donors (Lipinski definition) is 2. The fraction of sp³-hybridized carbons (Fsp3) is 0.500. The third kappa shape index (κ3) is 4.50. The first kappa shape index (κ1) is 14.7. The molecule has 2 rings (SSSR count). The van der Waals surface area contributed by atoms with Crippen molar-refractivity contribution in [3.05, 3.63) is 18.3 Å². The number of amides is 1. The first-order valence-corrected chi connectivity index (χ1v) is 5.87. The van der Waals surface area contributed by atoms with Crippen LogP contribution in [0, 0.1) is 0 Å².